The van der Waals surface area contributed by atoms with Crippen LogP contribution in [0.2, 0.25) is 0 Å². The fourth-order valence-electron chi connectivity index (χ4n) is 3.87. The lowest BCUT2D eigenvalue weighted by Crippen LogP contribution is -2.31. The molecule has 0 aliphatic carbocycles. The number of fused-ring (bicyclic) bond motifs is 3. The van der Waals surface area contributed by atoms with Crippen molar-refractivity contribution in [3.05, 3.63) is 89.8 Å². The van der Waals surface area contributed by atoms with Gasteiger partial charge in [0.25, 0.3) is 5.91 Å². The minimum atomic E-state index is -0.612. The van der Waals surface area contributed by atoms with Crippen LogP contribution in [0.4, 0.5) is 11.4 Å². The van der Waals surface area contributed by atoms with E-state index < -0.39 is 5.97 Å². The highest BCUT2D eigenvalue weighted by molar-refractivity contribution is 6.05. The number of aryl methyl sites for hydroxylation is 2. The predicted octanol–water partition coefficient (Wildman–Crippen LogP) is 4.45. The van der Waals surface area contributed by atoms with Gasteiger partial charge in [-0.3, -0.25) is 9.69 Å². The van der Waals surface area contributed by atoms with E-state index in [9.17, 15) is 9.59 Å². The van der Waals surface area contributed by atoms with E-state index >= 15 is 0 Å². The van der Waals surface area contributed by atoms with Gasteiger partial charge < -0.3 is 9.15 Å². The monoisotopic (exact) mass is 398 g/mol. The van der Waals surface area contributed by atoms with Crippen molar-refractivity contribution < 1.29 is 18.7 Å². The van der Waals surface area contributed by atoms with Crippen LogP contribution in [0.1, 0.15) is 21.5 Å². The number of nitrogens with zero attached hydrogens (tertiary/aromatic N) is 2. The van der Waals surface area contributed by atoms with E-state index in [-0.39, 0.29) is 18.1 Å². The summed E-state index contributed by atoms with van der Waals surface area (Å²) in [4.78, 5) is 31.6. The molecule has 0 atom stereocenters. The first-order valence-electron chi connectivity index (χ1n) is 9.70. The van der Waals surface area contributed by atoms with Gasteiger partial charge in [-0.05, 0) is 48.2 Å². The lowest BCUT2D eigenvalue weighted by Gasteiger charge is -2.24. The van der Waals surface area contributed by atoms with Gasteiger partial charge in [-0.25, -0.2) is 9.78 Å². The molecule has 2 heterocycles. The van der Waals surface area contributed by atoms with Crippen LogP contribution in [0.25, 0.3) is 11.1 Å². The SMILES string of the molecule is O=C(OCC(=O)N1c2ccccc2CCc2ccccc21)c1cccc2ocnc12. The summed E-state index contributed by atoms with van der Waals surface area (Å²) in [7, 11) is 0. The van der Waals surface area contributed by atoms with Crippen molar-refractivity contribution in [1.29, 1.82) is 0 Å². The normalized spacial score (nSPS) is 12.7. The van der Waals surface area contributed by atoms with Crippen molar-refractivity contribution in [1.82, 2.24) is 4.98 Å². The van der Waals surface area contributed by atoms with E-state index in [0.717, 1.165) is 35.3 Å². The van der Waals surface area contributed by atoms with Crippen LogP contribution in [0.5, 0.6) is 0 Å². The van der Waals surface area contributed by atoms with Crippen LogP contribution in [-0.4, -0.2) is 23.5 Å². The summed E-state index contributed by atoms with van der Waals surface area (Å²) >= 11 is 0. The van der Waals surface area contributed by atoms with Gasteiger partial charge in [0.2, 0.25) is 0 Å². The lowest BCUT2D eigenvalue weighted by molar-refractivity contribution is -0.120. The Balaban J connectivity index is 1.44. The molecule has 5 rings (SSSR count). The molecule has 0 spiro atoms. The molecule has 3 aromatic carbocycles. The van der Waals surface area contributed by atoms with Crippen LogP contribution in [-0.2, 0) is 22.4 Å². The van der Waals surface area contributed by atoms with Crippen LogP contribution < -0.4 is 4.90 Å². The highest BCUT2D eigenvalue weighted by Gasteiger charge is 2.26. The fourth-order valence-corrected chi connectivity index (χ4v) is 3.87. The second-order valence-corrected chi connectivity index (χ2v) is 7.07. The Kier molecular flexibility index (Phi) is 4.52. The Bertz CT molecular complexity index is 1210. The second kappa shape index (κ2) is 7.48. The highest BCUT2D eigenvalue weighted by Crippen LogP contribution is 2.36. The van der Waals surface area contributed by atoms with Crippen molar-refractivity contribution in [2.24, 2.45) is 0 Å². The first-order valence-corrected chi connectivity index (χ1v) is 9.70. The summed E-state index contributed by atoms with van der Waals surface area (Å²) in [6.07, 6.45) is 2.95. The average Bonchev–Trinajstić information content (AvgIpc) is 3.20. The molecule has 6 heteroatoms. The Morgan fingerprint density at radius 2 is 1.57 bits per heavy atom. The minimum absolute atomic E-state index is 0.269. The molecule has 4 aromatic rings. The molecule has 30 heavy (non-hydrogen) atoms. The van der Waals surface area contributed by atoms with E-state index in [1.165, 1.54) is 6.39 Å². The number of oxazole rings is 1. The third kappa shape index (κ3) is 3.12. The summed E-state index contributed by atoms with van der Waals surface area (Å²) in [5.74, 6) is -0.920. The number of hydrogen-bond acceptors (Lipinski definition) is 5. The smallest absolute Gasteiger partial charge is 0.340 e. The molecule has 0 saturated heterocycles. The van der Waals surface area contributed by atoms with E-state index in [4.69, 9.17) is 9.15 Å². The van der Waals surface area contributed by atoms with Crippen molar-refractivity contribution in [2.45, 2.75) is 12.8 Å². The van der Waals surface area contributed by atoms with Gasteiger partial charge in [0.1, 0.15) is 5.52 Å². The number of esters is 1. The maximum absolute atomic E-state index is 13.2. The molecule has 6 nitrogen and oxygen atoms in total. The molecule has 0 bridgehead atoms. The zero-order valence-electron chi connectivity index (χ0n) is 16.1. The average molecular weight is 398 g/mol. The number of carbonyl (C=O) groups excluding carboxylic acids is 2. The molecule has 1 aromatic heterocycles. The molecule has 1 amide bonds. The third-order valence-electron chi connectivity index (χ3n) is 5.29. The molecule has 0 saturated carbocycles. The van der Waals surface area contributed by atoms with Gasteiger partial charge >= 0.3 is 5.97 Å². The number of para-hydroxylation sites is 3. The van der Waals surface area contributed by atoms with Gasteiger partial charge in [-0.1, -0.05) is 42.5 Å². The molecular formula is C24H18N2O4. The van der Waals surface area contributed by atoms with Crippen molar-refractivity contribution in [2.75, 3.05) is 11.5 Å². The quantitative estimate of drug-likeness (QED) is 0.477. The number of hydrogen-bond donors (Lipinski definition) is 0. The van der Waals surface area contributed by atoms with Gasteiger partial charge in [0.05, 0.1) is 16.9 Å². The molecule has 0 fully saturated rings. The lowest BCUT2D eigenvalue weighted by atomic mass is 10.0. The Morgan fingerprint density at radius 3 is 2.27 bits per heavy atom. The fraction of sp³-hybridized carbons (Fsp3) is 0.125. The van der Waals surface area contributed by atoms with Crippen LogP contribution in [0, 0.1) is 0 Å². The third-order valence-corrected chi connectivity index (χ3v) is 5.29. The molecule has 1 aliphatic rings. The number of ether oxygens (including phenoxy) is 1. The summed E-state index contributed by atoms with van der Waals surface area (Å²) in [5.41, 5.74) is 4.99. The van der Waals surface area contributed by atoms with Crippen molar-refractivity contribution >= 4 is 34.4 Å². The number of carbonyl (C=O) groups is 2. The van der Waals surface area contributed by atoms with E-state index in [1.54, 1.807) is 23.1 Å². The summed E-state index contributed by atoms with van der Waals surface area (Å²) < 4.78 is 10.6. The van der Waals surface area contributed by atoms with Crippen molar-refractivity contribution in [3.63, 3.8) is 0 Å². The summed E-state index contributed by atoms with van der Waals surface area (Å²) in [6, 6.07) is 20.7. The van der Waals surface area contributed by atoms with Gasteiger partial charge in [0, 0.05) is 0 Å². The number of rotatable bonds is 3. The number of benzene rings is 3. The molecule has 0 unspecified atom stereocenters. The standard InChI is InChI=1S/C24H18N2O4/c27-22(14-29-24(28)18-8-5-11-21-23(18)25-15-30-21)26-19-9-3-1-6-16(19)12-13-17-7-2-4-10-20(17)26/h1-11,15H,12-14H2. The van der Waals surface area contributed by atoms with E-state index in [1.807, 2.05) is 48.5 Å². The Morgan fingerprint density at radius 1 is 0.900 bits per heavy atom. The zero-order chi connectivity index (χ0) is 20.5. The van der Waals surface area contributed by atoms with Crippen LogP contribution in [0.15, 0.2) is 77.5 Å². The van der Waals surface area contributed by atoms with Crippen LogP contribution >= 0.6 is 0 Å². The highest BCUT2D eigenvalue weighted by atomic mass is 16.5. The van der Waals surface area contributed by atoms with Gasteiger partial charge in [0.15, 0.2) is 18.6 Å². The second-order valence-electron chi connectivity index (χ2n) is 7.07. The van der Waals surface area contributed by atoms with Crippen LogP contribution in [0.3, 0.4) is 0 Å². The summed E-state index contributed by atoms with van der Waals surface area (Å²) in [6.45, 7) is -0.379. The predicted molar refractivity (Wildman–Crippen MR) is 112 cm³/mol. The van der Waals surface area contributed by atoms with E-state index in [2.05, 4.69) is 4.98 Å². The molecule has 0 N–H and O–H groups in total. The van der Waals surface area contributed by atoms with Crippen molar-refractivity contribution in [3.8, 4) is 0 Å². The topological polar surface area (TPSA) is 72.6 Å². The van der Waals surface area contributed by atoms with E-state index in [0.29, 0.717) is 11.1 Å². The number of aromatic nitrogens is 1. The Labute approximate surface area is 172 Å². The molecular weight excluding hydrogens is 380 g/mol. The summed E-state index contributed by atoms with van der Waals surface area (Å²) in [5, 5.41) is 0. The number of amides is 1. The number of anilines is 2. The molecule has 148 valence electrons. The first-order chi connectivity index (χ1) is 14.7. The molecule has 1 aliphatic heterocycles. The molecule has 0 radical (unpaired) electrons. The van der Waals surface area contributed by atoms with Gasteiger partial charge in [-0.15, -0.1) is 0 Å². The maximum Gasteiger partial charge on any atom is 0.340 e. The van der Waals surface area contributed by atoms with Gasteiger partial charge in [-0.2, -0.15) is 0 Å². The zero-order valence-corrected chi connectivity index (χ0v) is 16.1. The first kappa shape index (κ1) is 18.1. The minimum Gasteiger partial charge on any atom is -0.452 e. The largest absolute Gasteiger partial charge is 0.452 e. The Hall–Kier alpha value is -3.93. The maximum atomic E-state index is 13.2.